The van der Waals surface area contributed by atoms with Gasteiger partial charge in [-0.2, -0.15) is 5.10 Å². The van der Waals surface area contributed by atoms with Crippen molar-refractivity contribution in [2.24, 2.45) is 7.05 Å². The Labute approximate surface area is 120 Å². The topological polar surface area (TPSA) is 59.8 Å². The Morgan fingerprint density at radius 1 is 1.42 bits per heavy atom. The quantitative estimate of drug-likeness (QED) is 0.885. The normalized spacial score (nSPS) is 10.5. The second-order valence-corrected chi connectivity index (χ2v) is 4.84. The van der Waals surface area contributed by atoms with Crippen LogP contribution in [0.25, 0.3) is 0 Å². The molecule has 0 aliphatic carbocycles. The van der Waals surface area contributed by atoms with Crippen molar-refractivity contribution in [3.63, 3.8) is 0 Å². The van der Waals surface area contributed by atoms with E-state index in [2.05, 4.69) is 15.4 Å². The van der Waals surface area contributed by atoms with Gasteiger partial charge in [-0.1, -0.05) is 23.2 Å². The molecule has 0 saturated heterocycles. The lowest BCUT2D eigenvalue weighted by Gasteiger charge is -2.06. The van der Waals surface area contributed by atoms with Crippen LogP contribution in [0, 0.1) is 6.92 Å². The number of nitrogens with zero attached hydrogens (tertiary/aromatic N) is 3. The van der Waals surface area contributed by atoms with Crippen LogP contribution in [0.1, 0.15) is 21.6 Å². The average Bonchev–Trinajstić information content (AvgIpc) is 2.70. The van der Waals surface area contributed by atoms with Crippen LogP contribution in [0.5, 0.6) is 0 Å². The lowest BCUT2D eigenvalue weighted by atomic mass is 10.2. The number of hydrogen-bond acceptors (Lipinski definition) is 3. The summed E-state index contributed by atoms with van der Waals surface area (Å²) in [4.78, 5) is 15.8. The molecule has 0 saturated carbocycles. The maximum absolute atomic E-state index is 12.0. The van der Waals surface area contributed by atoms with Crippen molar-refractivity contribution in [3.8, 4) is 0 Å². The highest BCUT2D eigenvalue weighted by atomic mass is 35.5. The standard InChI is InChI=1S/C12H12Cl2N4O/c1-7-8(5-17-18(7)2)4-16-12(19)9-3-11(14)15-6-10(9)13/h3,5-6H,4H2,1-2H3,(H,16,19). The van der Waals surface area contributed by atoms with Gasteiger partial charge < -0.3 is 5.32 Å². The molecule has 2 rings (SSSR count). The van der Waals surface area contributed by atoms with Crippen LogP contribution < -0.4 is 5.32 Å². The highest BCUT2D eigenvalue weighted by molar-refractivity contribution is 6.35. The first-order chi connectivity index (χ1) is 8.99. The first kappa shape index (κ1) is 13.8. The van der Waals surface area contributed by atoms with E-state index in [-0.39, 0.29) is 16.1 Å². The number of aromatic nitrogens is 3. The zero-order valence-corrected chi connectivity index (χ0v) is 12.0. The molecule has 0 bridgehead atoms. The molecule has 19 heavy (non-hydrogen) atoms. The van der Waals surface area contributed by atoms with Gasteiger partial charge in [0.05, 0.1) is 16.8 Å². The average molecular weight is 299 g/mol. The van der Waals surface area contributed by atoms with Crippen molar-refractivity contribution in [3.05, 3.63) is 45.5 Å². The van der Waals surface area contributed by atoms with E-state index < -0.39 is 0 Å². The molecule has 5 nitrogen and oxygen atoms in total. The second-order valence-electron chi connectivity index (χ2n) is 4.05. The number of carbonyl (C=O) groups is 1. The molecule has 0 fully saturated rings. The number of hydrogen-bond donors (Lipinski definition) is 1. The van der Waals surface area contributed by atoms with E-state index in [1.54, 1.807) is 10.9 Å². The number of pyridine rings is 1. The maximum atomic E-state index is 12.0. The molecule has 0 aliphatic heterocycles. The minimum Gasteiger partial charge on any atom is -0.348 e. The van der Waals surface area contributed by atoms with Crippen molar-refractivity contribution in [1.29, 1.82) is 0 Å². The third-order valence-corrected chi connectivity index (χ3v) is 3.35. The Bertz CT molecular complexity index is 624. The fourth-order valence-corrected chi connectivity index (χ4v) is 1.92. The summed E-state index contributed by atoms with van der Waals surface area (Å²) in [7, 11) is 1.85. The number of halogens is 2. The minimum absolute atomic E-state index is 0.229. The van der Waals surface area contributed by atoms with Crippen molar-refractivity contribution in [1.82, 2.24) is 20.1 Å². The molecular formula is C12H12Cl2N4O. The van der Waals surface area contributed by atoms with Gasteiger partial charge in [0.1, 0.15) is 5.15 Å². The predicted octanol–water partition coefficient (Wildman–Crippen LogP) is 2.36. The first-order valence-electron chi connectivity index (χ1n) is 5.55. The summed E-state index contributed by atoms with van der Waals surface area (Å²) >= 11 is 11.7. The summed E-state index contributed by atoms with van der Waals surface area (Å²) in [6.45, 7) is 2.32. The molecule has 7 heteroatoms. The van der Waals surface area contributed by atoms with Crippen molar-refractivity contribution in [2.75, 3.05) is 0 Å². The molecule has 0 unspecified atom stereocenters. The number of carbonyl (C=O) groups excluding carboxylic acids is 1. The molecule has 0 radical (unpaired) electrons. The van der Waals surface area contributed by atoms with E-state index >= 15 is 0 Å². The lowest BCUT2D eigenvalue weighted by molar-refractivity contribution is 0.0951. The lowest BCUT2D eigenvalue weighted by Crippen LogP contribution is -2.23. The molecule has 100 valence electrons. The van der Waals surface area contributed by atoms with Gasteiger partial charge in [-0.25, -0.2) is 4.98 Å². The van der Waals surface area contributed by atoms with Crippen LogP contribution in [0.4, 0.5) is 0 Å². The summed E-state index contributed by atoms with van der Waals surface area (Å²) < 4.78 is 1.75. The van der Waals surface area contributed by atoms with E-state index in [4.69, 9.17) is 23.2 Å². The van der Waals surface area contributed by atoms with Gasteiger partial charge >= 0.3 is 0 Å². The summed E-state index contributed by atoms with van der Waals surface area (Å²) in [5, 5.41) is 7.38. The van der Waals surface area contributed by atoms with E-state index in [0.717, 1.165) is 11.3 Å². The minimum atomic E-state index is -0.294. The van der Waals surface area contributed by atoms with Crippen LogP contribution in [0.15, 0.2) is 18.5 Å². The van der Waals surface area contributed by atoms with E-state index in [1.807, 2.05) is 14.0 Å². The smallest absolute Gasteiger partial charge is 0.253 e. The fraction of sp³-hybridized carbons (Fsp3) is 0.250. The summed E-state index contributed by atoms with van der Waals surface area (Å²) in [5.74, 6) is -0.294. The zero-order valence-electron chi connectivity index (χ0n) is 10.4. The van der Waals surface area contributed by atoms with Gasteiger partial charge in [-0.3, -0.25) is 9.48 Å². The molecule has 2 aromatic heterocycles. The van der Waals surface area contributed by atoms with Gasteiger partial charge in [0.2, 0.25) is 0 Å². The SMILES string of the molecule is Cc1c(CNC(=O)c2cc(Cl)ncc2Cl)cnn1C. The summed E-state index contributed by atoms with van der Waals surface area (Å²) in [5.41, 5.74) is 2.26. The Kier molecular flexibility index (Phi) is 4.07. The van der Waals surface area contributed by atoms with Gasteiger partial charge in [0.25, 0.3) is 5.91 Å². The second kappa shape index (κ2) is 5.59. The molecule has 0 atom stereocenters. The molecule has 0 aromatic carbocycles. The monoisotopic (exact) mass is 298 g/mol. The number of aryl methyl sites for hydroxylation is 1. The largest absolute Gasteiger partial charge is 0.348 e. The molecule has 0 aliphatic rings. The first-order valence-corrected chi connectivity index (χ1v) is 6.31. The van der Waals surface area contributed by atoms with Crippen molar-refractivity contribution in [2.45, 2.75) is 13.5 Å². The Hall–Kier alpha value is -1.59. The van der Waals surface area contributed by atoms with E-state index in [9.17, 15) is 4.79 Å². The Morgan fingerprint density at radius 2 is 2.16 bits per heavy atom. The molecular weight excluding hydrogens is 287 g/mol. The van der Waals surface area contributed by atoms with Crippen molar-refractivity contribution >= 4 is 29.1 Å². The van der Waals surface area contributed by atoms with Crippen LogP contribution in [-0.4, -0.2) is 20.7 Å². The van der Waals surface area contributed by atoms with Gasteiger partial charge in [0.15, 0.2) is 0 Å². The summed E-state index contributed by atoms with van der Waals surface area (Å²) in [6.07, 6.45) is 3.07. The Balaban J connectivity index is 2.09. The molecule has 1 amide bonds. The van der Waals surface area contributed by atoms with Crippen molar-refractivity contribution < 1.29 is 4.79 Å². The molecule has 2 heterocycles. The number of rotatable bonds is 3. The number of amides is 1. The number of nitrogens with one attached hydrogen (secondary N) is 1. The fourth-order valence-electron chi connectivity index (χ4n) is 1.58. The van der Waals surface area contributed by atoms with Gasteiger partial charge in [-0.05, 0) is 13.0 Å². The molecule has 1 N–H and O–H groups in total. The summed E-state index contributed by atoms with van der Waals surface area (Å²) in [6, 6.07) is 1.44. The van der Waals surface area contributed by atoms with Crippen LogP contribution in [0.2, 0.25) is 10.2 Å². The highest BCUT2D eigenvalue weighted by Gasteiger charge is 2.12. The third kappa shape index (κ3) is 3.05. The van der Waals surface area contributed by atoms with Gasteiger partial charge in [0, 0.05) is 31.0 Å². The van der Waals surface area contributed by atoms with Crippen LogP contribution in [-0.2, 0) is 13.6 Å². The van der Waals surface area contributed by atoms with Gasteiger partial charge in [-0.15, -0.1) is 0 Å². The molecule has 0 spiro atoms. The van der Waals surface area contributed by atoms with Crippen LogP contribution in [0.3, 0.4) is 0 Å². The van der Waals surface area contributed by atoms with E-state index in [0.29, 0.717) is 12.1 Å². The highest BCUT2D eigenvalue weighted by Crippen LogP contribution is 2.18. The molecule has 2 aromatic rings. The zero-order chi connectivity index (χ0) is 14.0. The maximum Gasteiger partial charge on any atom is 0.253 e. The predicted molar refractivity (Wildman–Crippen MR) is 73.4 cm³/mol. The Morgan fingerprint density at radius 3 is 2.79 bits per heavy atom. The van der Waals surface area contributed by atoms with E-state index in [1.165, 1.54) is 12.3 Å². The van der Waals surface area contributed by atoms with Crippen LogP contribution >= 0.6 is 23.2 Å². The third-order valence-electron chi connectivity index (χ3n) is 2.84.